The van der Waals surface area contributed by atoms with Gasteiger partial charge in [0.25, 0.3) is 0 Å². The number of benzene rings is 3. The highest BCUT2D eigenvalue weighted by molar-refractivity contribution is 7.84. The molecule has 6 heteroatoms. The Bertz CT molecular complexity index is 911. The highest BCUT2D eigenvalue weighted by atomic mass is 32.2. The zero-order chi connectivity index (χ0) is 19.9. The minimum Gasteiger partial charge on any atom is -0.258 e. The van der Waals surface area contributed by atoms with Crippen LogP contribution in [0.4, 0.5) is 0 Å². The van der Waals surface area contributed by atoms with Crippen LogP contribution in [0.2, 0.25) is 0 Å². The molecular weight excluding hydrogens is 386 g/mol. The molecule has 0 heterocycles. The molecule has 0 aliphatic heterocycles. The van der Waals surface area contributed by atoms with Crippen molar-refractivity contribution in [3.63, 3.8) is 0 Å². The van der Waals surface area contributed by atoms with Gasteiger partial charge in [0.05, 0.1) is 6.61 Å². The third kappa shape index (κ3) is 4.85. The van der Waals surface area contributed by atoms with E-state index < -0.39 is 18.4 Å². The van der Waals surface area contributed by atoms with Crippen LogP contribution in [0.15, 0.2) is 103 Å². The van der Waals surface area contributed by atoms with Crippen LogP contribution in [0.5, 0.6) is 0 Å². The first kappa shape index (κ1) is 20.2. The molecule has 0 spiro atoms. The molecule has 0 unspecified atom stereocenters. The van der Waals surface area contributed by atoms with E-state index in [4.69, 9.17) is 5.14 Å². The van der Waals surface area contributed by atoms with Crippen molar-refractivity contribution in [2.24, 2.45) is 5.14 Å². The summed E-state index contributed by atoms with van der Waals surface area (Å²) in [6.07, 6.45) is 2.46. The molecular formula is C22H23NO3SSi. The molecule has 4 nitrogen and oxygen atoms in total. The Morgan fingerprint density at radius 3 is 1.50 bits per heavy atom. The smallest absolute Gasteiger partial charge is 0.258 e. The van der Waals surface area contributed by atoms with E-state index in [-0.39, 0.29) is 6.61 Å². The normalized spacial score (nSPS) is 12.3. The lowest BCUT2D eigenvalue weighted by atomic mass is 10.3. The Hall–Kier alpha value is -2.51. The van der Waals surface area contributed by atoms with Gasteiger partial charge < -0.3 is 0 Å². The fourth-order valence-corrected chi connectivity index (χ4v) is 7.97. The molecule has 144 valence electrons. The standard InChI is InChI=1S/C22H23NO3SSi/c23-27(24,25)26-18-10-11-19-28(20-12-4-1-5-13-20,21-14-6-2-7-15-21)22-16-8-3-9-17-22/h1-9,11-17,19H,10,18H2,(H2,23,24,25). The van der Waals surface area contributed by atoms with Gasteiger partial charge in [0.2, 0.25) is 0 Å². The highest BCUT2D eigenvalue weighted by Crippen LogP contribution is 2.10. The number of hydrogen-bond donors (Lipinski definition) is 1. The summed E-state index contributed by atoms with van der Waals surface area (Å²) < 4.78 is 26.7. The summed E-state index contributed by atoms with van der Waals surface area (Å²) in [6.45, 7) is 0.0260. The van der Waals surface area contributed by atoms with Gasteiger partial charge in [-0.3, -0.25) is 4.18 Å². The summed E-state index contributed by atoms with van der Waals surface area (Å²) in [7, 11) is -6.36. The van der Waals surface area contributed by atoms with Crippen LogP contribution in [-0.2, 0) is 14.5 Å². The van der Waals surface area contributed by atoms with E-state index in [9.17, 15) is 8.42 Å². The zero-order valence-corrected chi connectivity index (χ0v) is 17.3. The van der Waals surface area contributed by atoms with Crippen molar-refractivity contribution in [2.45, 2.75) is 6.42 Å². The zero-order valence-electron chi connectivity index (χ0n) is 15.4. The van der Waals surface area contributed by atoms with Gasteiger partial charge in [-0.1, -0.05) is 103 Å². The van der Waals surface area contributed by atoms with E-state index in [0.29, 0.717) is 6.42 Å². The van der Waals surface area contributed by atoms with E-state index >= 15 is 0 Å². The Morgan fingerprint density at radius 1 is 0.750 bits per heavy atom. The van der Waals surface area contributed by atoms with Gasteiger partial charge in [0, 0.05) is 0 Å². The predicted octanol–water partition coefficient (Wildman–Crippen LogP) is 1.86. The fraction of sp³-hybridized carbons (Fsp3) is 0.0909. The monoisotopic (exact) mass is 409 g/mol. The van der Waals surface area contributed by atoms with Crippen LogP contribution >= 0.6 is 0 Å². The molecule has 3 aromatic carbocycles. The molecule has 0 fully saturated rings. The van der Waals surface area contributed by atoms with E-state index in [2.05, 4.69) is 82.7 Å². The van der Waals surface area contributed by atoms with Crippen molar-refractivity contribution in [3.8, 4) is 0 Å². The molecule has 0 amide bonds. The molecule has 0 aromatic heterocycles. The molecule has 3 rings (SSSR count). The first-order valence-corrected chi connectivity index (χ1v) is 12.6. The summed E-state index contributed by atoms with van der Waals surface area (Å²) in [4.78, 5) is 0. The topological polar surface area (TPSA) is 69.4 Å². The second-order valence-corrected chi connectivity index (χ2v) is 11.3. The summed E-state index contributed by atoms with van der Waals surface area (Å²) in [5.74, 6) is 0. The lowest BCUT2D eigenvalue weighted by molar-refractivity contribution is 0.325. The molecule has 28 heavy (non-hydrogen) atoms. The largest absolute Gasteiger partial charge is 0.333 e. The molecule has 2 N–H and O–H groups in total. The molecule has 0 saturated carbocycles. The maximum absolute atomic E-state index is 11.0. The van der Waals surface area contributed by atoms with Crippen LogP contribution in [0.25, 0.3) is 0 Å². The van der Waals surface area contributed by atoms with Crippen molar-refractivity contribution in [2.75, 3.05) is 6.61 Å². The summed E-state index contributed by atoms with van der Waals surface area (Å²) >= 11 is 0. The maximum Gasteiger partial charge on any atom is 0.333 e. The second-order valence-electron chi connectivity index (χ2n) is 6.41. The molecule has 3 aromatic rings. The van der Waals surface area contributed by atoms with Crippen molar-refractivity contribution in [1.82, 2.24) is 0 Å². The lowest BCUT2D eigenvalue weighted by Gasteiger charge is -2.30. The third-order valence-electron chi connectivity index (χ3n) is 4.59. The maximum atomic E-state index is 11.0. The van der Waals surface area contributed by atoms with Crippen molar-refractivity contribution < 1.29 is 12.6 Å². The molecule has 0 aliphatic carbocycles. The quantitative estimate of drug-likeness (QED) is 0.351. The minimum absolute atomic E-state index is 0.0260. The molecule has 0 radical (unpaired) electrons. The van der Waals surface area contributed by atoms with E-state index in [1.54, 1.807) is 0 Å². The third-order valence-corrected chi connectivity index (χ3v) is 9.55. The van der Waals surface area contributed by atoms with Crippen molar-refractivity contribution in [1.29, 1.82) is 0 Å². The lowest BCUT2D eigenvalue weighted by Crippen LogP contribution is -2.66. The van der Waals surface area contributed by atoms with E-state index in [1.807, 2.05) is 24.3 Å². The minimum atomic E-state index is -3.92. The fourth-order valence-electron chi connectivity index (χ4n) is 3.38. The average molecular weight is 410 g/mol. The Kier molecular flexibility index (Phi) is 6.59. The second kappa shape index (κ2) is 9.12. The van der Waals surface area contributed by atoms with Gasteiger partial charge >= 0.3 is 10.3 Å². The van der Waals surface area contributed by atoms with Gasteiger partial charge in [-0.15, -0.1) is 0 Å². The molecule has 0 atom stereocenters. The first-order valence-electron chi connectivity index (χ1n) is 9.04. The Balaban J connectivity index is 2.09. The summed E-state index contributed by atoms with van der Waals surface area (Å²) in [6, 6.07) is 31.4. The summed E-state index contributed by atoms with van der Waals surface area (Å²) in [5, 5.41) is 8.69. The van der Waals surface area contributed by atoms with Gasteiger partial charge in [-0.25, -0.2) is 5.14 Å². The number of rotatable bonds is 8. The van der Waals surface area contributed by atoms with E-state index in [0.717, 1.165) is 0 Å². The summed E-state index contributed by atoms with van der Waals surface area (Å²) in [5.41, 5.74) is 2.25. The number of nitrogens with two attached hydrogens (primary N) is 1. The average Bonchev–Trinajstić information content (AvgIpc) is 2.72. The molecule has 0 saturated heterocycles. The van der Waals surface area contributed by atoms with Crippen LogP contribution in [0.3, 0.4) is 0 Å². The predicted molar refractivity (Wildman–Crippen MR) is 117 cm³/mol. The van der Waals surface area contributed by atoms with Crippen LogP contribution in [-0.4, -0.2) is 23.1 Å². The number of hydrogen-bond acceptors (Lipinski definition) is 3. The Labute approximate surface area is 167 Å². The van der Waals surface area contributed by atoms with Crippen LogP contribution in [0, 0.1) is 0 Å². The van der Waals surface area contributed by atoms with E-state index in [1.165, 1.54) is 15.6 Å². The van der Waals surface area contributed by atoms with Crippen molar-refractivity contribution >= 4 is 33.9 Å². The van der Waals surface area contributed by atoms with Gasteiger partial charge in [-0.05, 0) is 22.0 Å². The van der Waals surface area contributed by atoms with Crippen molar-refractivity contribution in [3.05, 3.63) is 103 Å². The van der Waals surface area contributed by atoms with Gasteiger partial charge in [0.15, 0.2) is 8.07 Å². The van der Waals surface area contributed by atoms with Crippen LogP contribution < -0.4 is 20.7 Å². The molecule has 0 bridgehead atoms. The molecule has 0 aliphatic rings. The van der Waals surface area contributed by atoms with Crippen LogP contribution in [0.1, 0.15) is 6.42 Å². The van der Waals surface area contributed by atoms with Gasteiger partial charge in [-0.2, -0.15) is 8.42 Å². The van der Waals surface area contributed by atoms with Gasteiger partial charge in [0.1, 0.15) is 0 Å². The highest BCUT2D eigenvalue weighted by Gasteiger charge is 2.36. The Morgan fingerprint density at radius 2 is 1.14 bits per heavy atom. The first-order chi connectivity index (χ1) is 13.5. The SMILES string of the molecule is NS(=O)(=O)OCCC=C[Si](c1ccccc1)(c1ccccc1)c1ccccc1.